The first kappa shape index (κ1) is 11.6. The van der Waals surface area contributed by atoms with Crippen molar-refractivity contribution in [1.29, 1.82) is 0 Å². The smallest absolute Gasteiger partial charge is 0.154 e. The summed E-state index contributed by atoms with van der Waals surface area (Å²) < 4.78 is 3.78. The van der Waals surface area contributed by atoms with Crippen LogP contribution in [0.5, 0.6) is 0 Å². The SMILES string of the molecule is Cc1cc(Cl)nc(Cl)c1NCc1csnn1. The highest BCUT2D eigenvalue weighted by molar-refractivity contribution is 7.03. The van der Waals surface area contributed by atoms with E-state index < -0.39 is 0 Å². The van der Waals surface area contributed by atoms with Gasteiger partial charge in [-0.25, -0.2) is 4.98 Å². The molecule has 1 N–H and O–H groups in total. The number of pyridine rings is 1. The molecule has 0 amide bonds. The number of hydrogen-bond acceptors (Lipinski definition) is 5. The van der Waals surface area contributed by atoms with Crippen molar-refractivity contribution in [2.24, 2.45) is 0 Å². The highest BCUT2D eigenvalue weighted by Crippen LogP contribution is 2.26. The van der Waals surface area contributed by atoms with Crippen molar-refractivity contribution in [3.63, 3.8) is 0 Å². The normalized spacial score (nSPS) is 10.4. The van der Waals surface area contributed by atoms with Crippen molar-refractivity contribution in [1.82, 2.24) is 14.6 Å². The van der Waals surface area contributed by atoms with Crippen LogP contribution < -0.4 is 5.32 Å². The van der Waals surface area contributed by atoms with E-state index in [4.69, 9.17) is 23.2 Å². The standard InChI is InChI=1S/C9H8Cl2N4S/c1-5-2-7(10)13-9(11)8(5)12-3-6-4-16-15-14-6/h2,4,12H,3H2,1H3. The van der Waals surface area contributed by atoms with Gasteiger partial charge in [0.25, 0.3) is 0 Å². The van der Waals surface area contributed by atoms with Crippen LogP contribution in [0.4, 0.5) is 5.69 Å². The maximum atomic E-state index is 5.98. The molecule has 2 aromatic heterocycles. The third kappa shape index (κ3) is 2.61. The Morgan fingerprint density at radius 2 is 2.25 bits per heavy atom. The Kier molecular flexibility index (Phi) is 3.58. The van der Waals surface area contributed by atoms with E-state index in [2.05, 4.69) is 19.9 Å². The number of halogens is 2. The van der Waals surface area contributed by atoms with E-state index in [1.54, 1.807) is 6.07 Å². The quantitative estimate of drug-likeness (QED) is 0.874. The minimum atomic E-state index is 0.369. The molecule has 84 valence electrons. The summed E-state index contributed by atoms with van der Waals surface area (Å²) in [6, 6.07) is 1.76. The molecule has 16 heavy (non-hydrogen) atoms. The summed E-state index contributed by atoms with van der Waals surface area (Å²) in [5.74, 6) is 0. The van der Waals surface area contributed by atoms with Crippen LogP contribution in [-0.2, 0) is 6.54 Å². The zero-order valence-electron chi connectivity index (χ0n) is 8.37. The lowest BCUT2D eigenvalue weighted by Gasteiger charge is -2.09. The average Bonchev–Trinajstić information content (AvgIpc) is 2.68. The van der Waals surface area contributed by atoms with Crippen LogP contribution in [0.2, 0.25) is 10.3 Å². The third-order valence-corrected chi connectivity index (χ3v) is 3.01. The molecule has 0 fully saturated rings. The molecule has 2 rings (SSSR count). The van der Waals surface area contributed by atoms with Crippen LogP contribution in [0, 0.1) is 6.92 Å². The lowest BCUT2D eigenvalue weighted by molar-refractivity contribution is 0.994. The van der Waals surface area contributed by atoms with Gasteiger partial charge in [-0.05, 0) is 30.1 Å². The van der Waals surface area contributed by atoms with E-state index in [-0.39, 0.29) is 0 Å². The van der Waals surface area contributed by atoms with Gasteiger partial charge in [0.1, 0.15) is 5.15 Å². The molecular weight excluding hydrogens is 267 g/mol. The van der Waals surface area contributed by atoms with Crippen LogP contribution in [0.1, 0.15) is 11.3 Å². The summed E-state index contributed by atoms with van der Waals surface area (Å²) in [5, 5.41) is 9.72. The fourth-order valence-corrected chi connectivity index (χ4v) is 2.30. The monoisotopic (exact) mass is 274 g/mol. The van der Waals surface area contributed by atoms with Gasteiger partial charge in [-0.3, -0.25) is 0 Å². The van der Waals surface area contributed by atoms with Crippen LogP contribution in [0.15, 0.2) is 11.4 Å². The van der Waals surface area contributed by atoms with Gasteiger partial charge in [0, 0.05) is 5.38 Å². The number of nitrogens with zero attached hydrogens (tertiary/aromatic N) is 3. The summed E-state index contributed by atoms with van der Waals surface area (Å²) in [5.41, 5.74) is 2.60. The van der Waals surface area contributed by atoms with E-state index in [1.807, 2.05) is 12.3 Å². The van der Waals surface area contributed by atoms with E-state index in [0.717, 1.165) is 16.9 Å². The Balaban J connectivity index is 2.15. The fourth-order valence-electron chi connectivity index (χ4n) is 1.25. The Morgan fingerprint density at radius 1 is 1.44 bits per heavy atom. The first-order valence-corrected chi connectivity index (χ1v) is 6.08. The largest absolute Gasteiger partial charge is 0.377 e. The van der Waals surface area contributed by atoms with Crippen molar-refractivity contribution in [3.8, 4) is 0 Å². The van der Waals surface area contributed by atoms with Crippen molar-refractivity contribution < 1.29 is 0 Å². The minimum absolute atomic E-state index is 0.369. The molecule has 0 aliphatic carbocycles. The lowest BCUT2D eigenvalue weighted by atomic mass is 10.2. The van der Waals surface area contributed by atoms with Crippen LogP contribution in [0.25, 0.3) is 0 Å². The number of anilines is 1. The summed E-state index contributed by atoms with van der Waals surface area (Å²) in [7, 11) is 0. The molecule has 0 saturated carbocycles. The fraction of sp³-hybridized carbons (Fsp3) is 0.222. The first-order chi connectivity index (χ1) is 7.66. The van der Waals surface area contributed by atoms with Crippen LogP contribution >= 0.6 is 34.7 Å². The zero-order valence-corrected chi connectivity index (χ0v) is 10.7. The lowest BCUT2D eigenvalue weighted by Crippen LogP contribution is -2.03. The number of nitrogens with one attached hydrogen (secondary N) is 1. The Morgan fingerprint density at radius 3 is 2.88 bits per heavy atom. The predicted molar refractivity (Wildman–Crippen MR) is 66.2 cm³/mol. The molecule has 7 heteroatoms. The summed E-state index contributed by atoms with van der Waals surface area (Å²) in [6.07, 6.45) is 0. The molecule has 0 aliphatic heterocycles. The van der Waals surface area contributed by atoms with Gasteiger partial charge < -0.3 is 5.32 Å². The summed E-state index contributed by atoms with van der Waals surface area (Å²) >= 11 is 13.1. The predicted octanol–water partition coefficient (Wildman–Crippen LogP) is 3.16. The van der Waals surface area contributed by atoms with E-state index >= 15 is 0 Å². The molecule has 0 aliphatic rings. The van der Waals surface area contributed by atoms with E-state index in [9.17, 15) is 0 Å². The van der Waals surface area contributed by atoms with Crippen molar-refractivity contribution >= 4 is 40.4 Å². The zero-order chi connectivity index (χ0) is 11.5. The average molecular weight is 275 g/mol. The summed E-state index contributed by atoms with van der Waals surface area (Å²) in [4.78, 5) is 3.97. The number of aryl methyl sites for hydroxylation is 1. The van der Waals surface area contributed by atoms with Gasteiger partial charge in [0.15, 0.2) is 5.15 Å². The highest BCUT2D eigenvalue weighted by atomic mass is 35.5. The second-order valence-electron chi connectivity index (χ2n) is 3.18. The van der Waals surface area contributed by atoms with Gasteiger partial charge in [0.05, 0.1) is 17.9 Å². The number of aromatic nitrogens is 3. The van der Waals surface area contributed by atoms with Crippen LogP contribution in [0.3, 0.4) is 0 Å². The van der Waals surface area contributed by atoms with Gasteiger partial charge in [-0.15, -0.1) is 5.10 Å². The molecule has 4 nitrogen and oxygen atoms in total. The molecule has 2 aromatic rings. The Bertz CT molecular complexity index is 463. The molecule has 0 bridgehead atoms. The number of hydrogen-bond donors (Lipinski definition) is 1. The first-order valence-electron chi connectivity index (χ1n) is 4.49. The minimum Gasteiger partial charge on any atom is -0.377 e. The molecule has 0 saturated heterocycles. The Labute approximate surface area is 107 Å². The molecular formula is C9H8Cl2N4S. The maximum Gasteiger partial charge on any atom is 0.154 e. The van der Waals surface area contributed by atoms with Gasteiger partial charge in [-0.2, -0.15) is 0 Å². The molecule has 0 aromatic carbocycles. The molecule has 0 spiro atoms. The van der Waals surface area contributed by atoms with E-state index in [0.29, 0.717) is 16.9 Å². The van der Waals surface area contributed by atoms with Gasteiger partial charge in [-0.1, -0.05) is 27.7 Å². The molecule has 0 radical (unpaired) electrons. The molecule has 0 unspecified atom stereocenters. The summed E-state index contributed by atoms with van der Waals surface area (Å²) in [6.45, 7) is 2.49. The Hall–Kier alpha value is -0.910. The maximum absolute atomic E-state index is 5.98. The van der Waals surface area contributed by atoms with Crippen molar-refractivity contribution in [2.45, 2.75) is 13.5 Å². The molecule has 0 atom stereocenters. The highest BCUT2D eigenvalue weighted by Gasteiger charge is 2.07. The topological polar surface area (TPSA) is 50.7 Å². The van der Waals surface area contributed by atoms with Crippen molar-refractivity contribution in [2.75, 3.05) is 5.32 Å². The van der Waals surface area contributed by atoms with Gasteiger partial charge >= 0.3 is 0 Å². The third-order valence-electron chi connectivity index (χ3n) is 1.99. The second kappa shape index (κ2) is 4.95. The van der Waals surface area contributed by atoms with Crippen molar-refractivity contribution in [3.05, 3.63) is 33.0 Å². The number of rotatable bonds is 3. The van der Waals surface area contributed by atoms with Crippen LogP contribution in [-0.4, -0.2) is 14.6 Å². The molecule has 2 heterocycles. The van der Waals surface area contributed by atoms with Gasteiger partial charge in [0.2, 0.25) is 0 Å². The van der Waals surface area contributed by atoms with E-state index in [1.165, 1.54) is 11.5 Å². The second-order valence-corrected chi connectivity index (χ2v) is 4.53.